The summed E-state index contributed by atoms with van der Waals surface area (Å²) < 4.78 is 40.1. The maximum absolute atomic E-state index is 13.1. The lowest BCUT2D eigenvalue weighted by molar-refractivity contribution is -0.142. The maximum Gasteiger partial charge on any atom is 0.406 e. The molecule has 3 rings (SSSR count). The van der Waals surface area contributed by atoms with Crippen molar-refractivity contribution in [2.45, 2.75) is 45.5 Å². The van der Waals surface area contributed by atoms with E-state index in [2.05, 4.69) is 23.7 Å². The van der Waals surface area contributed by atoms with E-state index in [1.165, 1.54) is 6.07 Å². The highest BCUT2D eigenvalue weighted by molar-refractivity contribution is 5.77. The number of halogens is 3. The second-order valence-corrected chi connectivity index (χ2v) is 7.04. The number of fused-ring (bicyclic) bond motifs is 1. The van der Waals surface area contributed by atoms with Crippen LogP contribution in [0.5, 0.6) is 0 Å². The molecule has 2 aromatic rings. The summed E-state index contributed by atoms with van der Waals surface area (Å²) >= 11 is 0. The minimum atomic E-state index is -4.47. The molecule has 1 atom stereocenters. The van der Waals surface area contributed by atoms with Crippen molar-refractivity contribution in [2.75, 3.05) is 13.1 Å². The van der Waals surface area contributed by atoms with Gasteiger partial charge in [-0.05, 0) is 37.4 Å². The summed E-state index contributed by atoms with van der Waals surface area (Å²) in [7, 11) is 0. The topological polar surface area (TPSA) is 38.1 Å². The van der Waals surface area contributed by atoms with Gasteiger partial charge in [-0.2, -0.15) is 13.2 Å². The first-order valence-electron chi connectivity index (χ1n) is 8.56. The molecule has 1 aliphatic heterocycles. The van der Waals surface area contributed by atoms with Gasteiger partial charge in [-0.3, -0.25) is 14.3 Å². The number of hydrogen-bond acceptors (Lipinski definition) is 3. The summed E-state index contributed by atoms with van der Waals surface area (Å²) in [5, 5.41) is 0.226. The molecule has 1 aromatic heterocycles. The molecule has 0 N–H and O–H groups in total. The van der Waals surface area contributed by atoms with Crippen molar-refractivity contribution < 1.29 is 13.2 Å². The molecule has 1 saturated heterocycles. The zero-order chi connectivity index (χ0) is 18.2. The predicted molar refractivity (Wildman–Crippen MR) is 90.4 cm³/mol. The molecule has 0 spiro atoms. The van der Waals surface area contributed by atoms with Gasteiger partial charge < -0.3 is 0 Å². The molecule has 7 heteroatoms. The fourth-order valence-corrected chi connectivity index (χ4v) is 3.58. The molecule has 0 radical (unpaired) electrons. The summed E-state index contributed by atoms with van der Waals surface area (Å²) in [6, 6.07) is 6.35. The van der Waals surface area contributed by atoms with Crippen molar-refractivity contribution in [3.8, 4) is 0 Å². The Kier molecular flexibility index (Phi) is 4.86. The molecule has 4 nitrogen and oxygen atoms in total. The highest BCUT2D eigenvalue weighted by Gasteiger charge is 2.35. The molecule has 1 fully saturated rings. The summed E-state index contributed by atoms with van der Waals surface area (Å²) in [5.74, 6) is 0.628. The number of hydrogen-bond donors (Lipinski definition) is 0. The predicted octanol–water partition coefficient (Wildman–Crippen LogP) is 3.75. The van der Waals surface area contributed by atoms with Crippen molar-refractivity contribution >= 4 is 10.9 Å². The van der Waals surface area contributed by atoms with Crippen LogP contribution in [0.1, 0.15) is 38.6 Å². The third kappa shape index (κ3) is 3.86. The minimum Gasteiger partial charge on any atom is -0.293 e. The molecule has 136 valence electrons. The van der Waals surface area contributed by atoms with Gasteiger partial charge in [0.2, 0.25) is 0 Å². The van der Waals surface area contributed by atoms with Crippen LogP contribution < -0.4 is 5.56 Å². The van der Waals surface area contributed by atoms with Gasteiger partial charge in [0.05, 0.1) is 16.9 Å². The number of likely N-dealkylation sites (tertiary alicyclic amines) is 1. The smallest absolute Gasteiger partial charge is 0.293 e. The van der Waals surface area contributed by atoms with Crippen LogP contribution in [0.3, 0.4) is 0 Å². The van der Waals surface area contributed by atoms with Crippen molar-refractivity contribution in [2.24, 2.45) is 5.92 Å². The lowest BCUT2D eigenvalue weighted by Crippen LogP contribution is -2.36. The molecule has 1 unspecified atom stereocenters. The van der Waals surface area contributed by atoms with E-state index in [9.17, 15) is 18.0 Å². The number of aromatic nitrogens is 2. The fourth-order valence-electron chi connectivity index (χ4n) is 3.58. The largest absolute Gasteiger partial charge is 0.406 e. The van der Waals surface area contributed by atoms with Crippen molar-refractivity contribution in [3.63, 3.8) is 0 Å². The van der Waals surface area contributed by atoms with E-state index >= 15 is 0 Å². The average molecular weight is 353 g/mol. The summed E-state index contributed by atoms with van der Waals surface area (Å²) in [6.07, 6.45) is -2.86. The molecule has 25 heavy (non-hydrogen) atoms. The monoisotopic (exact) mass is 353 g/mol. The zero-order valence-electron chi connectivity index (χ0n) is 14.4. The van der Waals surface area contributed by atoms with Gasteiger partial charge in [0, 0.05) is 6.54 Å². The van der Waals surface area contributed by atoms with Gasteiger partial charge in [-0.15, -0.1) is 0 Å². The molecule has 0 amide bonds. The molecular formula is C18H22F3N3O. The second-order valence-electron chi connectivity index (χ2n) is 7.04. The highest BCUT2D eigenvalue weighted by Crippen LogP contribution is 2.32. The van der Waals surface area contributed by atoms with E-state index in [-0.39, 0.29) is 17.3 Å². The van der Waals surface area contributed by atoms with Gasteiger partial charge in [0.1, 0.15) is 12.4 Å². The summed E-state index contributed by atoms with van der Waals surface area (Å²) in [5.41, 5.74) is -0.161. The van der Waals surface area contributed by atoms with E-state index in [0.717, 1.165) is 30.5 Å². The van der Waals surface area contributed by atoms with Crippen LogP contribution in [0, 0.1) is 5.92 Å². The van der Waals surface area contributed by atoms with Crippen molar-refractivity contribution in [1.29, 1.82) is 0 Å². The normalized spacial score (nSPS) is 19.2. The number of alkyl halides is 3. The van der Waals surface area contributed by atoms with Gasteiger partial charge >= 0.3 is 6.18 Å². The van der Waals surface area contributed by atoms with Crippen LogP contribution in [0.4, 0.5) is 13.2 Å². The van der Waals surface area contributed by atoms with Crippen molar-refractivity contribution in [3.05, 3.63) is 40.4 Å². The zero-order valence-corrected chi connectivity index (χ0v) is 14.4. The van der Waals surface area contributed by atoms with E-state index in [1.807, 2.05) is 0 Å². The Morgan fingerprint density at radius 2 is 2.00 bits per heavy atom. The van der Waals surface area contributed by atoms with Crippen LogP contribution >= 0.6 is 0 Å². The Hall–Kier alpha value is -1.89. The van der Waals surface area contributed by atoms with Gasteiger partial charge in [-0.25, -0.2) is 4.98 Å². The van der Waals surface area contributed by atoms with E-state index < -0.39 is 18.3 Å². The second kappa shape index (κ2) is 6.78. The number of para-hydroxylation sites is 1. The minimum absolute atomic E-state index is 0.226. The number of rotatable bonds is 4. The Labute approximate surface area is 144 Å². The number of nitrogens with zero attached hydrogens (tertiary/aromatic N) is 3. The Bertz CT molecular complexity index is 813. The molecule has 0 saturated carbocycles. The van der Waals surface area contributed by atoms with Crippen LogP contribution in [-0.2, 0) is 6.54 Å². The average Bonchev–Trinajstić information content (AvgIpc) is 2.96. The molecule has 0 bridgehead atoms. The van der Waals surface area contributed by atoms with E-state index in [4.69, 9.17) is 0 Å². The van der Waals surface area contributed by atoms with E-state index in [1.54, 1.807) is 18.2 Å². The number of benzene rings is 1. The van der Waals surface area contributed by atoms with Gasteiger partial charge in [0.15, 0.2) is 0 Å². The third-order valence-electron chi connectivity index (χ3n) is 4.49. The highest BCUT2D eigenvalue weighted by atomic mass is 19.4. The van der Waals surface area contributed by atoms with Gasteiger partial charge in [0.25, 0.3) is 5.56 Å². The first-order chi connectivity index (χ1) is 11.8. The maximum atomic E-state index is 13.1. The van der Waals surface area contributed by atoms with Crippen LogP contribution in [0.2, 0.25) is 0 Å². The SMILES string of the molecule is CC(C)CN1CCCC1c1nc2ccccc2c(=O)n1CC(F)(F)F. The molecule has 1 aliphatic rings. The quantitative estimate of drug-likeness (QED) is 0.840. The Morgan fingerprint density at radius 1 is 1.28 bits per heavy atom. The lowest BCUT2D eigenvalue weighted by atomic mass is 10.1. The van der Waals surface area contributed by atoms with Crippen LogP contribution in [0.25, 0.3) is 10.9 Å². The summed E-state index contributed by atoms with van der Waals surface area (Å²) in [4.78, 5) is 19.3. The first kappa shape index (κ1) is 17.9. The van der Waals surface area contributed by atoms with Crippen LogP contribution in [0.15, 0.2) is 29.1 Å². The molecule has 2 heterocycles. The van der Waals surface area contributed by atoms with Crippen molar-refractivity contribution in [1.82, 2.24) is 14.5 Å². The van der Waals surface area contributed by atoms with Crippen LogP contribution in [-0.4, -0.2) is 33.7 Å². The third-order valence-corrected chi connectivity index (χ3v) is 4.49. The first-order valence-corrected chi connectivity index (χ1v) is 8.56. The standard InChI is InChI=1S/C18H22F3N3O/c1-12(2)10-23-9-5-8-15(23)16-22-14-7-4-3-6-13(14)17(25)24(16)11-18(19,20)21/h3-4,6-7,12,15H,5,8-11H2,1-2H3. The molecule has 1 aromatic carbocycles. The fraction of sp³-hybridized carbons (Fsp3) is 0.556. The lowest BCUT2D eigenvalue weighted by Gasteiger charge is -2.28. The molecular weight excluding hydrogens is 331 g/mol. The summed E-state index contributed by atoms with van der Waals surface area (Å²) in [6.45, 7) is 4.44. The van der Waals surface area contributed by atoms with Gasteiger partial charge in [-0.1, -0.05) is 26.0 Å². The Morgan fingerprint density at radius 3 is 2.68 bits per heavy atom. The Balaban J connectivity index is 2.15. The van der Waals surface area contributed by atoms with E-state index in [0.29, 0.717) is 11.4 Å². The molecule has 0 aliphatic carbocycles.